The topological polar surface area (TPSA) is 96.6 Å². The van der Waals surface area contributed by atoms with Gasteiger partial charge in [-0.05, 0) is 42.3 Å². The molecule has 148 valence electrons. The van der Waals surface area contributed by atoms with Gasteiger partial charge in [-0.15, -0.1) is 24.0 Å². The Kier molecular flexibility index (Phi) is 9.82. The van der Waals surface area contributed by atoms with Crippen LogP contribution in [-0.4, -0.2) is 20.9 Å². The summed E-state index contributed by atoms with van der Waals surface area (Å²) in [7, 11) is -3.73. The molecule has 2 rings (SSSR count). The van der Waals surface area contributed by atoms with Crippen LogP contribution in [0.15, 0.2) is 52.4 Å². The highest BCUT2D eigenvalue weighted by atomic mass is 127. The number of nitrogens with two attached hydrogens (primary N) is 1. The predicted octanol–water partition coefficient (Wildman–Crippen LogP) is 3.51. The fourth-order valence-corrected chi connectivity index (χ4v) is 3.24. The summed E-state index contributed by atoms with van der Waals surface area (Å²) < 4.78 is 22.9. The van der Waals surface area contributed by atoms with Crippen LogP contribution < -0.4 is 15.8 Å². The van der Waals surface area contributed by atoms with Gasteiger partial charge in [0, 0.05) is 23.1 Å². The molecule has 0 saturated heterocycles. The maximum absolute atomic E-state index is 11.4. The molecule has 0 saturated carbocycles. The molecule has 2 aromatic carbocycles. The first-order chi connectivity index (χ1) is 12.3. The normalized spacial score (nSPS) is 11.6. The molecule has 0 aliphatic heterocycles. The SMILES string of the molecule is CCNC(=NCc1cccc(S(N)(=O)=O)c1)NCc1ccc(Cl)cc1Cl.I. The summed E-state index contributed by atoms with van der Waals surface area (Å²) in [6, 6.07) is 11.7. The van der Waals surface area contributed by atoms with Crippen LogP contribution in [0.4, 0.5) is 0 Å². The van der Waals surface area contributed by atoms with Crippen molar-refractivity contribution in [1.82, 2.24) is 10.6 Å². The minimum atomic E-state index is -3.73. The number of primary sulfonamides is 1. The summed E-state index contributed by atoms with van der Waals surface area (Å²) in [4.78, 5) is 4.52. The zero-order chi connectivity index (χ0) is 19.2. The first kappa shape index (κ1) is 24.0. The quantitative estimate of drug-likeness (QED) is 0.295. The third-order valence-electron chi connectivity index (χ3n) is 3.45. The van der Waals surface area contributed by atoms with Gasteiger partial charge < -0.3 is 10.6 Å². The van der Waals surface area contributed by atoms with Crippen molar-refractivity contribution in [3.8, 4) is 0 Å². The maximum Gasteiger partial charge on any atom is 0.238 e. The Balaban J connectivity index is 0.00000364. The van der Waals surface area contributed by atoms with E-state index in [0.717, 1.165) is 11.1 Å². The molecular formula is C17H21Cl2IN4O2S. The molecule has 0 fully saturated rings. The van der Waals surface area contributed by atoms with E-state index in [2.05, 4.69) is 15.6 Å². The van der Waals surface area contributed by atoms with Crippen molar-refractivity contribution in [3.05, 3.63) is 63.6 Å². The van der Waals surface area contributed by atoms with Crippen molar-refractivity contribution < 1.29 is 8.42 Å². The second-order valence-corrected chi connectivity index (χ2v) is 7.88. The lowest BCUT2D eigenvalue weighted by Gasteiger charge is -2.12. The fraction of sp³-hybridized carbons (Fsp3) is 0.235. The van der Waals surface area contributed by atoms with Crippen molar-refractivity contribution >= 4 is 63.2 Å². The number of hydrogen-bond acceptors (Lipinski definition) is 3. The van der Waals surface area contributed by atoms with E-state index in [1.54, 1.807) is 24.3 Å². The summed E-state index contributed by atoms with van der Waals surface area (Å²) in [5.41, 5.74) is 1.62. The molecule has 6 nitrogen and oxygen atoms in total. The van der Waals surface area contributed by atoms with Gasteiger partial charge in [-0.1, -0.05) is 41.4 Å². The molecule has 0 atom stereocenters. The van der Waals surface area contributed by atoms with Crippen molar-refractivity contribution in [2.24, 2.45) is 10.1 Å². The molecule has 0 aliphatic rings. The van der Waals surface area contributed by atoms with Crippen molar-refractivity contribution in [2.45, 2.75) is 24.9 Å². The van der Waals surface area contributed by atoms with Crippen LogP contribution in [0.2, 0.25) is 10.0 Å². The van der Waals surface area contributed by atoms with Gasteiger partial charge in [0.2, 0.25) is 10.0 Å². The Morgan fingerprint density at radius 3 is 2.52 bits per heavy atom. The number of guanidine groups is 1. The van der Waals surface area contributed by atoms with E-state index < -0.39 is 10.0 Å². The van der Waals surface area contributed by atoms with Crippen LogP contribution in [0, 0.1) is 0 Å². The first-order valence-electron chi connectivity index (χ1n) is 7.87. The van der Waals surface area contributed by atoms with Gasteiger partial charge in [-0.2, -0.15) is 0 Å². The Labute approximate surface area is 186 Å². The Morgan fingerprint density at radius 2 is 1.89 bits per heavy atom. The molecule has 2 aromatic rings. The third kappa shape index (κ3) is 7.82. The highest BCUT2D eigenvalue weighted by Crippen LogP contribution is 2.20. The highest BCUT2D eigenvalue weighted by molar-refractivity contribution is 14.0. The lowest BCUT2D eigenvalue weighted by atomic mass is 10.2. The molecule has 0 bridgehead atoms. The number of halogens is 3. The van der Waals surface area contributed by atoms with Crippen LogP contribution in [0.1, 0.15) is 18.1 Å². The maximum atomic E-state index is 11.4. The standard InChI is InChI=1S/C17H20Cl2N4O2S.HI/c1-2-21-17(23-11-13-6-7-14(18)9-16(13)19)22-10-12-4-3-5-15(8-12)26(20,24)25;/h3-9H,2,10-11H2,1H3,(H2,20,24,25)(H2,21,22,23);1H. The molecule has 0 aromatic heterocycles. The number of nitrogens with one attached hydrogen (secondary N) is 2. The van der Waals surface area contributed by atoms with Crippen molar-refractivity contribution in [3.63, 3.8) is 0 Å². The number of nitrogens with zero attached hydrogens (tertiary/aromatic N) is 1. The second kappa shape index (κ2) is 11.1. The molecular weight excluding hydrogens is 522 g/mol. The minimum absolute atomic E-state index is 0. The molecule has 4 N–H and O–H groups in total. The van der Waals surface area contributed by atoms with E-state index in [4.69, 9.17) is 28.3 Å². The van der Waals surface area contributed by atoms with Gasteiger partial charge in [0.05, 0.1) is 11.4 Å². The number of benzene rings is 2. The van der Waals surface area contributed by atoms with Crippen LogP contribution in [-0.2, 0) is 23.1 Å². The highest BCUT2D eigenvalue weighted by Gasteiger charge is 2.08. The summed E-state index contributed by atoms with van der Waals surface area (Å²) in [5, 5.41) is 12.6. The molecule has 0 amide bonds. The lowest BCUT2D eigenvalue weighted by molar-refractivity contribution is 0.597. The Bertz CT molecular complexity index is 908. The second-order valence-electron chi connectivity index (χ2n) is 5.48. The van der Waals surface area contributed by atoms with Gasteiger partial charge in [-0.3, -0.25) is 0 Å². The first-order valence-corrected chi connectivity index (χ1v) is 10.2. The van der Waals surface area contributed by atoms with E-state index in [0.29, 0.717) is 35.6 Å². The molecule has 0 unspecified atom stereocenters. The van der Waals surface area contributed by atoms with Crippen LogP contribution in [0.25, 0.3) is 0 Å². The van der Waals surface area contributed by atoms with E-state index in [-0.39, 0.29) is 28.9 Å². The lowest BCUT2D eigenvalue weighted by Crippen LogP contribution is -2.36. The summed E-state index contributed by atoms with van der Waals surface area (Å²) in [6.45, 7) is 3.40. The zero-order valence-corrected chi connectivity index (χ0v) is 19.2. The largest absolute Gasteiger partial charge is 0.357 e. The summed E-state index contributed by atoms with van der Waals surface area (Å²) in [6.07, 6.45) is 0. The van der Waals surface area contributed by atoms with Gasteiger partial charge in [-0.25, -0.2) is 18.5 Å². The molecule has 0 radical (unpaired) electrons. The van der Waals surface area contributed by atoms with Crippen molar-refractivity contribution in [1.29, 1.82) is 0 Å². The third-order valence-corrected chi connectivity index (χ3v) is 4.95. The fourth-order valence-electron chi connectivity index (χ4n) is 2.18. The van der Waals surface area contributed by atoms with Crippen LogP contribution in [0.3, 0.4) is 0 Å². The van der Waals surface area contributed by atoms with Gasteiger partial charge in [0.15, 0.2) is 5.96 Å². The average Bonchev–Trinajstić information content (AvgIpc) is 2.58. The van der Waals surface area contributed by atoms with E-state index in [1.165, 1.54) is 12.1 Å². The van der Waals surface area contributed by atoms with E-state index in [1.807, 2.05) is 13.0 Å². The van der Waals surface area contributed by atoms with Gasteiger partial charge in [0.1, 0.15) is 0 Å². The summed E-state index contributed by atoms with van der Waals surface area (Å²) in [5.74, 6) is 0.583. The number of rotatable bonds is 6. The molecule has 0 spiro atoms. The summed E-state index contributed by atoms with van der Waals surface area (Å²) >= 11 is 12.1. The number of sulfonamides is 1. The monoisotopic (exact) mass is 542 g/mol. The predicted molar refractivity (Wildman–Crippen MR) is 121 cm³/mol. The van der Waals surface area contributed by atoms with Gasteiger partial charge >= 0.3 is 0 Å². The Morgan fingerprint density at radius 1 is 1.15 bits per heavy atom. The van der Waals surface area contributed by atoms with Gasteiger partial charge in [0.25, 0.3) is 0 Å². The zero-order valence-electron chi connectivity index (χ0n) is 14.6. The molecule has 0 heterocycles. The molecule has 10 heteroatoms. The van der Waals surface area contributed by atoms with Crippen LogP contribution >= 0.6 is 47.2 Å². The molecule has 0 aliphatic carbocycles. The smallest absolute Gasteiger partial charge is 0.238 e. The average molecular weight is 543 g/mol. The number of aliphatic imine (C=N–C) groups is 1. The van der Waals surface area contributed by atoms with Crippen LogP contribution in [0.5, 0.6) is 0 Å². The Hall–Kier alpha value is -1.07. The number of hydrogen-bond donors (Lipinski definition) is 3. The van der Waals surface area contributed by atoms with E-state index >= 15 is 0 Å². The van der Waals surface area contributed by atoms with E-state index in [9.17, 15) is 8.42 Å². The minimum Gasteiger partial charge on any atom is -0.357 e. The molecule has 27 heavy (non-hydrogen) atoms. The van der Waals surface area contributed by atoms with Crippen molar-refractivity contribution in [2.75, 3.05) is 6.54 Å².